The van der Waals surface area contributed by atoms with E-state index in [1.165, 1.54) is 11.3 Å². The zero-order valence-electron chi connectivity index (χ0n) is 18.2. The lowest BCUT2D eigenvalue weighted by Gasteiger charge is -2.19. The van der Waals surface area contributed by atoms with Crippen LogP contribution in [0.2, 0.25) is 0 Å². The van der Waals surface area contributed by atoms with Gasteiger partial charge in [-0.1, -0.05) is 48.5 Å². The van der Waals surface area contributed by atoms with Crippen LogP contribution < -0.4 is 10.6 Å². The first-order valence-corrected chi connectivity index (χ1v) is 11.9. The molecule has 5 rings (SSSR count). The number of carbonyl (C=O) groups is 3. The molecule has 0 spiro atoms. The van der Waals surface area contributed by atoms with E-state index >= 15 is 0 Å². The van der Waals surface area contributed by atoms with Gasteiger partial charge >= 0.3 is 12.1 Å². The van der Waals surface area contributed by atoms with Crippen molar-refractivity contribution in [3.8, 4) is 11.1 Å². The van der Waals surface area contributed by atoms with Crippen LogP contribution >= 0.6 is 11.3 Å². The number of thiazole rings is 1. The summed E-state index contributed by atoms with van der Waals surface area (Å²) in [5, 5.41) is 16.6. The van der Waals surface area contributed by atoms with Crippen molar-refractivity contribution in [2.24, 2.45) is 0 Å². The van der Waals surface area contributed by atoms with E-state index in [2.05, 4.69) is 39.9 Å². The highest BCUT2D eigenvalue weighted by Gasteiger charge is 2.51. The Balaban J connectivity index is 1.16. The normalized spacial score (nSPS) is 15.2. The molecular formula is C25H23N3O5S. The Morgan fingerprint density at radius 1 is 1.06 bits per heavy atom. The minimum absolute atomic E-state index is 0.0490. The van der Waals surface area contributed by atoms with E-state index in [9.17, 15) is 14.4 Å². The van der Waals surface area contributed by atoms with Gasteiger partial charge in [0.25, 0.3) is 0 Å². The zero-order chi connectivity index (χ0) is 23.7. The third kappa shape index (κ3) is 4.38. The molecule has 1 aromatic heterocycles. The summed E-state index contributed by atoms with van der Waals surface area (Å²) in [7, 11) is 0. The van der Waals surface area contributed by atoms with Crippen molar-refractivity contribution in [3.05, 3.63) is 75.7 Å². The van der Waals surface area contributed by atoms with E-state index in [0.717, 1.165) is 22.3 Å². The highest BCUT2D eigenvalue weighted by Crippen LogP contribution is 2.44. The smallest absolute Gasteiger partial charge is 0.408 e. The van der Waals surface area contributed by atoms with Gasteiger partial charge in [0, 0.05) is 11.3 Å². The standard InChI is InChI=1S/C25H23N3O5S/c29-22(30)11-15-14-34-21(27-15)12-26-23(31)25(9-10-25)28-24(32)33-13-20-18-7-3-1-5-16(18)17-6-2-4-8-19(17)20/h1-8,14,20H,9-13H2,(H,26,31)(H,28,32)(H,29,30). The maximum atomic E-state index is 12.7. The number of rotatable bonds is 8. The number of carboxylic acid groups (broad SMARTS) is 1. The second kappa shape index (κ2) is 8.90. The molecule has 3 aromatic rings. The number of amides is 2. The van der Waals surface area contributed by atoms with Crippen LogP contribution in [0.5, 0.6) is 0 Å². The summed E-state index contributed by atoms with van der Waals surface area (Å²) in [6, 6.07) is 16.2. The molecule has 9 heteroatoms. The number of nitrogens with zero attached hydrogens (tertiary/aromatic N) is 1. The molecule has 0 saturated heterocycles. The molecule has 1 saturated carbocycles. The van der Waals surface area contributed by atoms with E-state index < -0.39 is 17.6 Å². The highest BCUT2D eigenvalue weighted by atomic mass is 32.1. The quantitative estimate of drug-likeness (QED) is 0.457. The number of ether oxygens (including phenoxy) is 1. The van der Waals surface area contributed by atoms with Gasteiger partial charge in [0.15, 0.2) is 0 Å². The van der Waals surface area contributed by atoms with Gasteiger partial charge in [0.2, 0.25) is 5.91 Å². The van der Waals surface area contributed by atoms with Gasteiger partial charge in [0.05, 0.1) is 18.7 Å². The number of alkyl carbamates (subject to hydrolysis) is 1. The number of aliphatic carboxylic acids is 1. The van der Waals surface area contributed by atoms with E-state index in [1.807, 2.05) is 24.3 Å². The first-order chi connectivity index (χ1) is 16.4. The number of fused-ring (bicyclic) bond motifs is 3. The summed E-state index contributed by atoms with van der Waals surface area (Å²) in [5.41, 5.74) is 4.04. The van der Waals surface area contributed by atoms with E-state index in [4.69, 9.17) is 9.84 Å². The van der Waals surface area contributed by atoms with Crippen LogP contribution in [0, 0.1) is 0 Å². The predicted octanol–water partition coefficient (Wildman–Crippen LogP) is 3.46. The molecule has 8 nitrogen and oxygen atoms in total. The number of hydrogen-bond donors (Lipinski definition) is 3. The second-order valence-corrected chi connectivity index (χ2v) is 9.46. The van der Waals surface area contributed by atoms with Gasteiger partial charge in [-0.15, -0.1) is 11.3 Å². The molecule has 0 unspecified atom stereocenters. The second-order valence-electron chi connectivity index (χ2n) is 8.52. The molecule has 174 valence electrons. The van der Waals surface area contributed by atoms with Crippen molar-refractivity contribution in [2.75, 3.05) is 6.61 Å². The van der Waals surface area contributed by atoms with Crippen LogP contribution in [-0.2, 0) is 27.3 Å². The van der Waals surface area contributed by atoms with Crippen LogP contribution in [0.3, 0.4) is 0 Å². The molecular weight excluding hydrogens is 454 g/mol. The Labute approximate surface area is 200 Å². The molecule has 0 atom stereocenters. The number of aromatic nitrogens is 1. The third-order valence-corrected chi connectivity index (χ3v) is 7.10. The Morgan fingerprint density at radius 2 is 1.71 bits per heavy atom. The number of carboxylic acids is 1. The molecule has 0 aliphatic heterocycles. The summed E-state index contributed by atoms with van der Waals surface area (Å²) in [4.78, 5) is 40.3. The maximum Gasteiger partial charge on any atom is 0.408 e. The van der Waals surface area contributed by atoms with Gasteiger partial charge in [-0.3, -0.25) is 9.59 Å². The van der Waals surface area contributed by atoms with Gasteiger partial charge in [0.1, 0.15) is 17.2 Å². The van der Waals surface area contributed by atoms with Crippen LogP contribution in [0.15, 0.2) is 53.9 Å². The van der Waals surface area contributed by atoms with Crippen molar-refractivity contribution < 1.29 is 24.2 Å². The van der Waals surface area contributed by atoms with E-state index in [1.54, 1.807) is 5.38 Å². The van der Waals surface area contributed by atoms with Gasteiger partial charge in [-0.2, -0.15) is 0 Å². The minimum Gasteiger partial charge on any atom is -0.481 e. The largest absolute Gasteiger partial charge is 0.481 e. The average molecular weight is 478 g/mol. The Hall–Kier alpha value is -3.72. The molecule has 0 radical (unpaired) electrons. The lowest BCUT2D eigenvalue weighted by molar-refractivity contribution is -0.136. The lowest BCUT2D eigenvalue weighted by atomic mass is 9.98. The molecule has 2 aliphatic carbocycles. The lowest BCUT2D eigenvalue weighted by Crippen LogP contribution is -2.49. The van der Waals surface area contributed by atoms with Crippen LogP contribution in [0.25, 0.3) is 11.1 Å². The molecule has 2 aliphatic rings. The molecule has 2 amide bonds. The summed E-state index contributed by atoms with van der Waals surface area (Å²) >= 11 is 1.29. The molecule has 1 fully saturated rings. The van der Waals surface area contributed by atoms with Gasteiger partial charge < -0.3 is 20.5 Å². The summed E-state index contributed by atoms with van der Waals surface area (Å²) in [6.45, 7) is 0.361. The first kappa shape index (κ1) is 22.1. The minimum atomic E-state index is -0.969. The molecule has 34 heavy (non-hydrogen) atoms. The van der Waals surface area contributed by atoms with Crippen molar-refractivity contribution in [1.29, 1.82) is 0 Å². The Morgan fingerprint density at radius 3 is 2.32 bits per heavy atom. The maximum absolute atomic E-state index is 12.7. The average Bonchev–Trinajstić information content (AvgIpc) is 3.35. The molecule has 3 N–H and O–H groups in total. The van der Waals surface area contributed by atoms with Crippen molar-refractivity contribution in [1.82, 2.24) is 15.6 Å². The summed E-state index contributed by atoms with van der Waals surface area (Å²) < 4.78 is 5.57. The fourth-order valence-corrected chi connectivity index (χ4v) is 5.09. The van der Waals surface area contributed by atoms with E-state index in [-0.39, 0.29) is 31.4 Å². The number of carbonyl (C=O) groups excluding carboxylic acids is 2. The number of nitrogens with one attached hydrogen (secondary N) is 2. The van der Waals surface area contributed by atoms with Crippen molar-refractivity contribution in [3.63, 3.8) is 0 Å². The van der Waals surface area contributed by atoms with Crippen LogP contribution in [0.1, 0.15) is 40.6 Å². The third-order valence-electron chi connectivity index (χ3n) is 6.20. The van der Waals surface area contributed by atoms with Gasteiger partial charge in [-0.25, -0.2) is 9.78 Å². The Bertz CT molecular complexity index is 1220. The van der Waals surface area contributed by atoms with Crippen molar-refractivity contribution >= 4 is 29.3 Å². The van der Waals surface area contributed by atoms with Crippen LogP contribution in [0.4, 0.5) is 4.79 Å². The Kier molecular flexibility index (Phi) is 5.79. The number of hydrogen-bond acceptors (Lipinski definition) is 6. The number of benzene rings is 2. The molecule has 2 aromatic carbocycles. The fourth-order valence-electron chi connectivity index (χ4n) is 4.36. The van der Waals surface area contributed by atoms with Crippen molar-refractivity contribution in [2.45, 2.75) is 37.3 Å². The van der Waals surface area contributed by atoms with Gasteiger partial charge in [-0.05, 0) is 35.1 Å². The first-order valence-electron chi connectivity index (χ1n) is 11.0. The monoisotopic (exact) mass is 477 g/mol. The predicted molar refractivity (Wildman–Crippen MR) is 125 cm³/mol. The highest BCUT2D eigenvalue weighted by molar-refractivity contribution is 7.09. The topological polar surface area (TPSA) is 118 Å². The fraction of sp³-hybridized carbons (Fsp3) is 0.280. The zero-order valence-corrected chi connectivity index (χ0v) is 19.1. The van der Waals surface area contributed by atoms with E-state index in [0.29, 0.717) is 23.5 Å². The SMILES string of the molecule is O=C(O)Cc1csc(CNC(=O)C2(NC(=O)OCC3c4ccccc4-c4ccccc43)CC2)n1. The summed E-state index contributed by atoms with van der Waals surface area (Å²) in [6.07, 6.45) is 0.293. The van der Waals surface area contributed by atoms with Crippen LogP contribution in [-0.4, -0.2) is 40.2 Å². The molecule has 1 heterocycles. The molecule has 0 bridgehead atoms. The summed E-state index contributed by atoms with van der Waals surface area (Å²) in [5.74, 6) is -1.30.